The molecular formula is C16H18N2O3. The van der Waals surface area contributed by atoms with Gasteiger partial charge in [-0.25, -0.2) is 4.98 Å². The summed E-state index contributed by atoms with van der Waals surface area (Å²) in [5.74, 6) is -1.37. The van der Waals surface area contributed by atoms with Crippen LogP contribution in [-0.4, -0.2) is 39.5 Å². The highest BCUT2D eigenvalue weighted by atomic mass is 16.4. The van der Waals surface area contributed by atoms with Crippen LogP contribution in [0.4, 0.5) is 0 Å². The lowest BCUT2D eigenvalue weighted by molar-refractivity contribution is -0.138. The van der Waals surface area contributed by atoms with Gasteiger partial charge < -0.3 is 10.0 Å². The lowest BCUT2D eigenvalue weighted by atomic mass is 10.1. The molecule has 1 unspecified atom stereocenters. The van der Waals surface area contributed by atoms with Gasteiger partial charge in [0, 0.05) is 11.4 Å². The van der Waals surface area contributed by atoms with Crippen LogP contribution < -0.4 is 0 Å². The van der Waals surface area contributed by atoms with Crippen molar-refractivity contribution in [3.63, 3.8) is 0 Å². The Labute approximate surface area is 123 Å². The second-order valence-electron chi connectivity index (χ2n) is 4.97. The molecule has 1 N–H and O–H groups in total. The Morgan fingerprint density at radius 2 is 1.95 bits per heavy atom. The van der Waals surface area contributed by atoms with Gasteiger partial charge >= 0.3 is 5.97 Å². The molecule has 1 amide bonds. The largest absolute Gasteiger partial charge is 0.480 e. The Bertz CT molecular complexity index is 669. The van der Waals surface area contributed by atoms with Gasteiger partial charge in [-0.15, -0.1) is 0 Å². The molecule has 0 saturated heterocycles. The molecule has 5 nitrogen and oxygen atoms in total. The number of aromatic nitrogens is 1. The number of hydrogen-bond acceptors (Lipinski definition) is 3. The molecule has 2 aromatic rings. The molecule has 1 aromatic carbocycles. The Balaban J connectivity index is 2.35. The van der Waals surface area contributed by atoms with Crippen molar-refractivity contribution in [1.29, 1.82) is 0 Å². The minimum atomic E-state index is -1.02. The van der Waals surface area contributed by atoms with Crippen LogP contribution in [0.25, 0.3) is 10.9 Å². The summed E-state index contributed by atoms with van der Waals surface area (Å²) in [6.07, 6.45) is 0.687. The first kappa shape index (κ1) is 15.0. The van der Waals surface area contributed by atoms with Crippen LogP contribution in [0.3, 0.4) is 0 Å². The summed E-state index contributed by atoms with van der Waals surface area (Å²) < 4.78 is 0. The van der Waals surface area contributed by atoms with Crippen LogP contribution in [0.5, 0.6) is 0 Å². The molecule has 0 aliphatic carbocycles. The van der Waals surface area contributed by atoms with Gasteiger partial charge in [0.15, 0.2) is 0 Å². The van der Waals surface area contributed by atoms with E-state index in [9.17, 15) is 9.59 Å². The van der Waals surface area contributed by atoms with Gasteiger partial charge in [-0.3, -0.25) is 9.59 Å². The number of benzene rings is 1. The van der Waals surface area contributed by atoms with Crippen LogP contribution >= 0.6 is 0 Å². The molecule has 21 heavy (non-hydrogen) atoms. The normalized spacial score (nSPS) is 12.1. The lowest BCUT2D eigenvalue weighted by Crippen LogP contribution is -2.42. The van der Waals surface area contributed by atoms with Crippen molar-refractivity contribution in [2.75, 3.05) is 6.54 Å². The maximum absolute atomic E-state index is 12.5. The Kier molecular flexibility index (Phi) is 4.52. The van der Waals surface area contributed by atoms with E-state index in [1.165, 1.54) is 4.90 Å². The highest BCUT2D eigenvalue weighted by Crippen LogP contribution is 2.15. The Hall–Kier alpha value is -2.43. The molecule has 0 spiro atoms. The molecule has 2 rings (SSSR count). The Morgan fingerprint density at radius 3 is 2.62 bits per heavy atom. The van der Waals surface area contributed by atoms with Crippen molar-refractivity contribution in [3.8, 4) is 0 Å². The summed E-state index contributed by atoms with van der Waals surface area (Å²) in [5.41, 5.74) is 0.998. The number of carboxylic acids is 1. The summed E-state index contributed by atoms with van der Waals surface area (Å²) in [5, 5.41) is 9.93. The van der Waals surface area contributed by atoms with Crippen molar-refractivity contribution in [2.45, 2.75) is 26.3 Å². The number of aliphatic carboxylic acids is 1. The van der Waals surface area contributed by atoms with E-state index in [0.717, 1.165) is 10.9 Å². The standard InChI is InChI=1S/C16H18N2O3/c1-3-11(2)18(10-15(19)20)16(21)14-9-8-12-6-4-5-7-13(12)17-14/h4-9,11H,3,10H2,1-2H3,(H,19,20). The van der Waals surface area contributed by atoms with Gasteiger partial charge in [-0.1, -0.05) is 31.2 Å². The summed E-state index contributed by atoms with van der Waals surface area (Å²) in [7, 11) is 0. The number of para-hydroxylation sites is 1. The van der Waals surface area contributed by atoms with Crippen molar-refractivity contribution < 1.29 is 14.7 Å². The third kappa shape index (κ3) is 3.37. The quantitative estimate of drug-likeness (QED) is 0.917. The number of fused-ring (bicyclic) bond motifs is 1. The van der Waals surface area contributed by atoms with Crippen LogP contribution in [0, 0.1) is 0 Å². The highest BCUT2D eigenvalue weighted by molar-refractivity contribution is 5.96. The SMILES string of the molecule is CCC(C)N(CC(=O)O)C(=O)c1ccc2ccccc2n1. The molecule has 0 bridgehead atoms. The summed E-state index contributed by atoms with van der Waals surface area (Å²) in [6, 6.07) is 10.8. The van der Waals surface area contributed by atoms with Crippen molar-refractivity contribution >= 4 is 22.8 Å². The minimum Gasteiger partial charge on any atom is -0.480 e. The van der Waals surface area contributed by atoms with E-state index in [2.05, 4.69) is 4.98 Å². The average molecular weight is 286 g/mol. The molecule has 1 aromatic heterocycles. The molecule has 0 aliphatic heterocycles. The summed E-state index contributed by atoms with van der Waals surface area (Å²) >= 11 is 0. The molecule has 110 valence electrons. The number of hydrogen-bond donors (Lipinski definition) is 1. The fourth-order valence-corrected chi connectivity index (χ4v) is 2.13. The van der Waals surface area contributed by atoms with E-state index >= 15 is 0 Å². The predicted molar refractivity (Wildman–Crippen MR) is 80.2 cm³/mol. The van der Waals surface area contributed by atoms with Gasteiger partial charge in [-0.05, 0) is 25.5 Å². The van der Waals surface area contributed by atoms with Gasteiger partial charge in [0.25, 0.3) is 5.91 Å². The molecule has 5 heteroatoms. The fraction of sp³-hybridized carbons (Fsp3) is 0.312. The number of carbonyl (C=O) groups is 2. The molecule has 0 aliphatic rings. The van der Waals surface area contributed by atoms with E-state index in [1.807, 2.05) is 44.2 Å². The molecule has 0 radical (unpaired) electrons. The smallest absolute Gasteiger partial charge is 0.323 e. The number of rotatable bonds is 5. The summed E-state index contributed by atoms with van der Waals surface area (Å²) in [6.45, 7) is 3.44. The van der Waals surface area contributed by atoms with Crippen molar-refractivity contribution in [2.24, 2.45) is 0 Å². The highest BCUT2D eigenvalue weighted by Gasteiger charge is 2.23. The van der Waals surface area contributed by atoms with Gasteiger partial charge in [0.1, 0.15) is 12.2 Å². The van der Waals surface area contributed by atoms with E-state index in [0.29, 0.717) is 6.42 Å². The van der Waals surface area contributed by atoms with Crippen molar-refractivity contribution in [3.05, 3.63) is 42.1 Å². The number of amides is 1. The zero-order chi connectivity index (χ0) is 15.4. The van der Waals surface area contributed by atoms with Gasteiger partial charge in [0.2, 0.25) is 0 Å². The van der Waals surface area contributed by atoms with E-state index in [-0.39, 0.29) is 24.2 Å². The zero-order valence-corrected chi connectivity index (χ0v) is 12.1. The third-order valence-electron chi connectivity index (χ3n) is 3.51. The maximum Gasteiger partial charge on any atom is 0.323 e. The monoisotopic (exact) mass is 286 g/mol. The van der Waals surface area contributed by atoms with Gasteiger partial charge in [-0.2, -0.15) is 0 Å². The first-order chi connectivity index (χ1) is 10.0. The average Bonchev–Trinajstić information content (AvgIpc) is 2.50. The van der Waals surface area contributed by atoms with Gasteiger partial charge in [0.05, 0.1) is 5.52 Å². The predicted octanol–water partition coefficient (Wildman–Crippen LogP) is 2.56. The second-order valence-corrected chi connectivity index (χ2v) is 4.97. The molecule has 0 fully saturated rings. The molecule has 0 saturated carbocycles. The van der Waals surface area contributed by atoms with Crippen LogP contribution in [0.1, 0.15) is 30.8 Å². The Morgan fingerprint density at radius 1 is 1.24 bits per heavy atom. The van der Waals surface area contributed by atoms with E-state index < -0.39 is 5.97 Å². The summed E-state index contributed by atoms with van der Waals surface area (Å²) in [4.78, 5) is 29.2. The second kappa shape index (κ2) is 6.35. The first-order valence-electron chi connectivity index (χ1n) is 6.91. The lowest BCUT2D eigenvalue weighted by Gasteiger charge is -2.26. The van der Waals surface area contributed by atoms with Crippen LogP contribution in [-0.2, 0) is 4.79 Å². The molecule has 1 heterocycles. The topological polar surface area (TPSA) is 70.5 Å². The number of nitrogens with zero attached hydrogens (tertiary/aromatic N) is 2. The molecular weight excluding hydrogens is 268 g/mol. The number of carboxylic acid groups (broad SMARTS) is 1. The van der Waals surface area contributed by atoms with Crippen LogP contribution in [0.15, 0.2) is 36.4 Å². The minimum absolute atomic E-state index is 0.151. The number of pyridine rings is 1. The van der Waals surface area contributed by atoms with E-state index in [1.54, 1.807) is 6.07 Å². The maximum atomic E-state index is 12.5. The fourth-order valence-electron chi connectivity index (χ4n) is 2.13. The van der Waals surface area contributed by atoms with Crippen LogP contribution in [0.2, 0.25) is 0 Å². The zero-order valence-electron chi connectivity index (χ0n) is 12.1. The van der Waals surface area contributed by atoms with E-state index in [4.69, 9.17) is 5.11 Å². The van der Waals surface area contributed by atoms with Crippen molar-refractivity contribution in [1.82, 2.24) is 9.88 Å². The third-order valence-corrected chi connectivity index (χ3v) is 3.51. The first-order valence-corrected chi connectivity index (χ1v) is 6.91. The number of carbonyl (C=O) groups excluding carboxylic acids is 1. The molecule has 1 atom stereocenters.